The molecule has 2 aliphatic rings. The highest BCUT2D eigenvalue weighted by molar-refractivity contribution is 9.10. The Labute approximate surface area is 141 Å². The molecule has 0 saturated carbocycles. The van der Waals surface area contributed by atoms with Gasteiger partial charge in [-0.15, -0.1) is 0 Å². The summed E-state index contributed by atoms with van der Waals surface area (Å²) in [4.78, 5) is 0. The highest BCUT2D eigenvalue weighted by Gasteiger charge is 2.22. The van der Waals surface area contributed by atoms with Gasteiger partial charge in [0.1, 0.15) is 5.76 Å². The van der Waals surface area contributed by atoms with Crippen LogP contribution in [0.3, 0.4) is 0 Å². The lowest BCUT2D eigenvalue weighted by molar-refractivity contribution is 0.274. The Morgan fingerprint density at radius 3 is 2.41 bits per heavy atom. The van der Waals surface area contributed by atoms with Crippen molar-refractivity contribution in [3.05, 3.63) is 75.0 Å². The SMILES string of the molecule is COC1=C(C2=CC=C(C)CC2)C(c2ccc(Br)cc2)=CCC1. The van der Waals surface area contributed by atoms with E-state index in [4.69, 9.17) is 4.74 Å². The average Bonchev–Trinajstić information content (AvgIpc) is 2.56. The molecule has 0 heterocycles. The van der Waals surface area contributed by atoms with Crippen LogP contribution >= 0.6 is 15.9 Å². The molecule has 1 aromatic rings. The van der Waals surface area contributed by atoms with Gasteiger partial charge in [0.15, 0.2) is 0 Å². The van der Waals surface area contributed by atoms with Gasteiger partial charge in [-0.05, 0) is 55.0 Å². The van der Waals surface area contributed by atoms with Gasteiger partial charge in [-0.1, -0.05) is 51.9 Å². The zero-order valence-corrected chi connectivity index (χ0v) is 14.7. The van der Waals surface area contributed by atoms with E-state index in [1.807, 2.05) is 0 Å². The van der Waals surface area contributed by atoms with Crippen LogP contribution < -0.4 is 0 Å². The van der Waals surface area contributed by atoms with Gasteiger partial charge < -0.3 is 4.74 Å². The molecule has 1 aromatic carbocycles. The summed E-state index contributed by atoms with van der Waals surface area (Å²) in [5.74, 6) is 1.12. The van der Waals surface area contributed by atoms with Crippen molar-refractivity contribution in [3.8, 4) is 0 Å². The van der Waals surface area contributed by atoms with E-state index >= 15 is 0 Å². The first-order valence-corrected chi connectivity index (χ1v) is 8.58. The van der Waals surface area contributed by atoms with E-state index in [1.165, 1.54) is 27.9 Å². The Bertz CT molecular complexity index is 687. The molecule has 3 rings (SSSR count). The molecule has 0 amide bonds. The van der Waals surface area contributed by atoms with Crippen molar-refractivity contribution in [1.29, 1.82) is 0 Å². The van der Waals surface area contributed by atoms with E-state index in [0.717, 1.165) is 35.9 Å². The molecule has 0 atom stereocenters. The van der Waals surface area contributed by atoms with Crippen LogP contribution in [0.4, 0.5) is 0 Å². The van der Waals surface area contributed by atoms with Crippen molar-refractivity contribution in [3.63, 3.8) is 0 Å². The van der Waals surface area contributed by atoms with E-state index in [0.29, 0.717) is 0 Å². The van der Waals surface area contributed by atoms with E-state index in [1.54, 1.807) is 7.11 Å². The number of hydrogen-bond donors (Lipinski definition) is 0. The third-order valence-electron chi connectivity index (χ3n) is 4.35. The van der Waals surface area contributed by atoms with Crippen LogP contribution in [0.15, 0.2) is 69.4 Å². The number of halogens is 1. The van der Waals surface area contributed by atoms with Crippen LogP contribution in [0.1, 0.15) is 38.2 Å². The fraction of sp³-hybridized carbons (Fsp3) is 0.300. The van der Waals surface area contributed by atoms with Gasteiger partial charge in [-0.3, -0.25) is 0 Å². The third kappa shape index (κ3) is 3.12. The Morgan fingerprint density at radius 2 is 1.77 bits per heavy atom. The molecule has 22 heavy (non-hydrogen) atoms. The summed E-state index contributed by atoms with van der Waals surface area (Å²) in [5.41, 5.74) is 6.74. The van der Waals surface area contributed by atoms with Crippen molar-refractivity contribution < 1.29 is 4.74 Å². The van der Waals surface area contributed by atoms with Crippen LogP contribution in [0, 0.1) is 0 Å². The minimum Gasteiger partial charge on any atom is -0.500 e. The molecule has 2 heteroatoms. The Balaban J connectivity index is 2.06. The third-order valence-corrected chi connectivity index (χ3v) is 4.88. The van der Waals surface area contributed by atoms with Gasteiger partial charge >= 0.3 is 0 Å². The topological polar surface area (TPSA) is 9.23 Å². The minimum atomic E-state index is 0.992. The van der Waals surface area contributed by atoms with Gasteiger partial charge in [-0.25, -0.2) is 0 Å². The zero-order valence-electron chi connectivity index (χ0n) is 13.2. The average molecular weight is 357 g/mol. The Kier molecular flexibility index (Phi) is 4.68. The standard InChI is InChI=1S/C20H21BrO/c1-14-6-8-16(9-7-14)20-18(4-3-5-19(20)22-2)15-10-12-17(21)13-11-15/h4,6,8,10-13H,3,5,7,9H2,1-2H3. The molecular weight excluding hydrogens is 336 g/mol. The number of ether oxygens (including phenoxy) is 1. The summed E-state index contributed by atoms with van der Waals surface area (Å²) in [6, 6.07) is 8.57. The van der Waals surface area contributed by atoms with E-state index in [2.05, 4.69) is 65.3 Å². The number of rotatable bonds is 3. The first-order valence-electron chi connectivity index (χ1n) is 7.79. The minimum absolute atomic E-state index is 0.992. The zero-order chi connectivity index (χ0) is 15.5. The maximum Gasteiger partial charge on any atom is 0.104 e. The van der Waals surface area contributed by atoms with Crippen molar-refractivity contribution >= 4 is 21.5 Å². The first-order chi connectivity index (χ1) is 10.7. The van der Waals surface area contributed by atoms with Crippen LogP contribution in [0.25, 0.3) is 5.57 Å². The summed E-state index contributed by atoms with van der Waals surface area (Å²) in [6.07, 6.45) is 11.1. The number of allylic oxidation sites excluding steroid dienone is 8. The molecule has 1 nitrogen and oxygen atoms in total. The normalized spacial score (nSPS) is 18.6. The molecular formula is C20H21BrO. The lowest BCUT2D eigenvalue weighted by Crippen LogP contribution is -2.07. The summed E-state index contributed by atoms with van der Waals surface area (Å²) < 4.78 is 6.84. The largest absolute Gasteiger partial charge is 0.500 e. The molecule has 0 aromatic heterocycles. The highest BCUT2D eigenvalue weighted by atomic mass is 79.9. The number of methoxy groups -OCH3 is 1. The van der Waals surface area contributed by atoms with Crippen molar-refractivity contribution in [2.45, 2.75) is 32.6 Å². The van der Waals surface area contributed by atoms with Gasteiger partial charge in [0.25, 0.3) is 0 Å². The summed E-state index contributed by atoms with van der Waals surface area (Å²) in [6.45, 7) is 2.20. The van der Waals surface area contributed by atoms with Crippen LogP contribution in [0.5, 0.6) is 0 Å². The molecule has 0 N–H and O–H groups in total. The van der Waals surface area contributed by atoms with Crippen molar-refractivity contribution in [2.75, 3.05) is 7.11 Å². The number of benzene rings is 1. The fourth-order valence-corrected chi connectivity index (χ4v) is 3.39. The lowest BCUT2D eigenvalue weighted by atomic mass is 9.82. The number of hydrogen-bond acceptors (Lipinski definition) is 1. The van der Waals surface area contributed by atoms with E-state index < -0.39 is 0 Å². The van der Waals surface area contributed by atoms with Gasteiger partial charge in [0, 0.05) is 16.5 Å². The molecule has 0 fully saturated rings. The fourth-order valence-electron chi connectivity index (χ4n) is 3.12. The van der Waals surface area contributed by atoms with E-state index in [9.17, 15) is 0 Å². The first kappa shape index (κ1) is 15.4. The second-order valence-electron chi connectivity index (χ2n) is 5.87. The van der Waals surface area contributed by atoms with E-state index in [-0.39, 0.29) is 0 Å². The van der Waals surface area contributed by atoms with Gasteiger partial charge in [0.2, 0.25) is 0 Å². The molecule has 0 bridgehead atoms. The van der Waals surface area contributed by atoms with Crippen LogP contribution in [0.2, 0.25) is 0 Å². The highest BCUT2D eigenvalue weighted by Crippen LogP contribution is 2.40. The maximum absolute atomic E-state index is 5.73. The smallest absolute Gasteiger partial charge is 0.104 e. The predicted molar refractivity (Wildman–Crippen MR) is 96.5 cm³/mol. The Hall–Kier alpha value is -1.54. The second-order valence-corrected chi connectivity index (χ2v) is 6.79. The van der Waals surface area contributed by atoms with Crippen molar-refractivity contribution in [2.24, 2.45) is 0 Å². The van der Waals surface area contributed by atoms with Gasteiger partial charge in [0.05, 0.1) is 7.11 Å². The summed E-state index contributed by atoms with van der Waals surface area (Å²) in [7, 11) is 1.80. The molecule has 0 spiro atoms. The van der Waals surface area contributed by atoms with Gasteiger partial charge in [-0.2, -0.15) is 0 Å². The molecule has 114 valence electrons. The maximum atomic E-state index is 5.73. The van der Waals surface area contributed by atoms with Crippen LogP contribution in [-0.2, 0) is 4.74 Å². The monoisotopic (exact) mass is 356 g/mol. The molecule has 0 unspecified atom stereocenters. The predicted octanol–water partition coefficient (Wildman–Crippen LogP) is 6.19. The lowest BCUT2D eigenvalue weighted by Gasteiger charge is -2.25. The molecule has 0 saturated heterocycles. The molecule has 0 radical (unpaired) electrons. The molecule has 2 aliphatic carbocycles. The Morgan fingerprint density at radius 1 is 1.00 bits per heavy atom. The quantitative estimate of drug-likeness (QED) is 0.626. The second kappa shape index (κ2) is 6.70. The van der Waals surface area contributed by atoms with Crippen molar-refractivity contribution in [1.82, 2.24) is 0 Å². The summed E-state index contributed by atoms with van der Waals surface area (Å²) >= 11 is 3.52. The molecule has 0 aliphatic heterocycles. The summed E-state index contributed by atoms with van der Waals surface area (Å²) in [5, 5.41) is 0. The van der Waals surface area contributed by atoms with Crippen LogP contribution in [-0.4, -0.2) is 7.11 Å².